The number of hydrogen-bond acceptors (Lipinski definition) is 1. The normalized spacial score (nSPS) is 12.6. The SMILES string of the molecule is Cc1cc(C)c2c(CC(C)(C)C)cc(-c3cc(C(C)(C)C)c4ccccc4c3)nc2c1. The Morgan fingerprint density at radius 1 is 0.806 bits per heavy atom. The third-order valence-corrected chi connectivity index (χ3v) is 6.02. The van der Waals surface area contributed by atoms with Crippen molar-refractivity contribution in [3.63, 3.8) is 0 Å². The molecule has 0 amide bonds. The lowest BCUT2D eigenvalue weighted by Crippen LogP contribution is -2.12. The van der Waals surface area contributed by atoms with Crippen molar-refractivity contribution in [2.24, 2.45) is 5.41 Å². The van der Waals surface area contributed by atoms with Crippen LogP contribution >= 0.6 is 0 Å². The van der Waals surface area contributed by atoms with Gasteiger partial charge in [0.25, 0.3) is 0 Å². The van der Waals surface area contributed by atoms with Crippen LogP contribution in [0.1, 0.15) is 63.8 Å². The Hall–Kier alpha value is -2.67. The molecule has 1 heteroatoms. The van der Waals surface area contributed by atoms with Crippen LogP contribution < -0.4 is 0 Å². The van der Waals surface area contributed by atoms with Crippen molar-refractivity contribution < 1.29 is 0 Å². The molecule has 31 heavy (non-hydrogen) atoms. The van der Waals surface area contributed by atoms with Crippen molar-refractivity contribution >= 4 is 21.7 Å². The smallest absolute Gasteiger partial charge is 0.0717 e. The Balaban J connectivity index is 2.03. The van der Waals surface area contributed by atoms with Crippen molar-refractivity contribution in [3.8, 4) is 11.3 Å². The summed E-state index contributed by atoms with van der Waals surface area (Å²) >= 11 is 0. The molecule has 0 aliphatic heterocycles. The van der Waals surface area contributed by atoms with E-state index in [1.54, 1.807) is 0 Å². The highest BCUT2D eigenvalue weighted by molar-refractivity contribution is 5.93. The van der Waals surface area contributed by atoms with E-state index in [2.05, 4.69) is 110 Å². The van der Waals surface area contributed by atoms with Crippen LogP contribution in [0.5, 0.6) is 0 Å². The van der Waals surface area contributed by atoms with Crippen LogP contribution in [0, 0.1) is 19.3 Å². The molecule has 0 atom stereocenters. The zero-order valence-electron chi connectivity index (χ0n) is 20.4. The molecule has 0 aliphatic carbocycles. The summed E-state index contributed by atoms with van der Waals surface area (Å²) < 4.78 is 0. The molecule has 0 saturated carbocycles. The Bertz CT molecular complexity index is 1280. The molecular weight excluding hydrogens is 374 g/mol. The molecule has 1 nitrogen and oxygen atoms in total. The molecule has 3 aromatic carbocycles. The molecule has 0 bridgehead atoms. The molecule has 160 valence electrons. The van der Waals surface area contributed by atoms with Crippen molar-refractivity contribution in [1.29, 1.82) is 0 Å². The quantitative estimate of drug-likeness (QED) is 0.323. The zero-order chi connectivity index (χ0) is 22.6. The first kappa shape index (κ1) is 21.6. The van der Waals surface area contributed by atoms with Crippen LogP contribution in [0.4, 0.5) is 0 Å². The number of pyridine rings is 1. The number of aryl methyl sites for hydroxylation is 2. The molecule has 0 saturated heterocycles. The highest BCUT2D eigenvalue weighted by atomic mass is 14.7. The van der Waals surface area contributed by atoms with Gasteiger partial charge >= 0.3 is 0 Å². The average molecular weight is 410 g/mol. The lowest BCUT2D eigenvalue weighted by atomic mass is 9.81. The van der Waals surface area contributed by atoms with E-state index in [1.807, 2.05) is 0 Å². The minimum absolute atomic E-state index is 0.0634. The summed E-state index contributed by atoms with van der Waals surface area (Å²) in [4.78, 5) is 5.19. The van der Waals surface area contributed by atoms with Crippen LogP contribution in [0.3, 0.4) is 0 Å². The standard InChI is InChI=1S/C30H35N/c1-19-13-20(2)28-23(18-29(3,4)5)17-26(31-27(28)14-19)22-15-21-11-9-10-12-24(21)25(16-22)30(6,7)8/h9-17H,18H2,1-8H3. The predicted octanol–water partition coefficient (Wildman–Crippen LogP) is 8.56. The third kappa shape index (κ3) is 4.37. The summed E-state index contributed by atoms with van der Waals surface area (Å²) in [6, 6.07) is 20.3. The summed E-state index contributed by atoms with van der Waals surface area (Å²) in [5.74, 6) is 0. The molecule has 4 rings (SSSR count). The molecule has 1 heterocycles. The monoisotopic (exact) mass is 409 g/mol. The van der Waals surface area contributed by atoms with E-state index in [-0.39, 0.29) is 10.8 Å². The van der Waals surface area contributed by atoms with Gasteiger partial charge in [0.05, 0.1) is 11.2 Å². The predicted molar refractivity (Wildman–Crippen MR) is 136 cm³/mol. The van der Waals surface area contributed by atoms with Gasteiger partial charge in [-0.1, -0.05) is 71.9 Å². The van der Waals surface area contributed by atoms with Gasteiger partial charge in [0, 0.05) is 10.9 Å². The van der Waals surface area contributed by atoms with E-state index in [0.717, 1.165) is 17.6 Å². The minimum atomic E-state index is 0.0634. The molecule has 0 unspecified atom stereocenters. The topological polar surface area (TPSA) is 12.9 Å². The third-order valence-electron chi connectivity index (χ3n) is 6.02. The first-order valence-electron chi connectivity index (χ1n) is 11.4. The molecule has 0 spiro atoms. The van der Waals surface area contributed by atoms with Gasteiger partial charge in [-0.2, -0.15) is 0 Å². The number of benzene rings is 3. The highest BCUT2D eigenvalue weighted by Gasteiger charge is 2.20. The Morgan fingerprint density at radius 3 is 2.19 bits per heavy atom. The fourth-order valence-electron chi connectivity index (χ4n) is 4.79. The van der Waals surface area contributed by atoms with E-state index in [1.165, 1.54) is 44.0 Å². The summed E-state index contributed by atoms with van der Waals surface area (Å²) in [5, 5.41) is 3.94. The van der Waals surface area contributed by atoms with E-state index >= 15 is 0 Å². The van der Waals surface area contributed by atoms with Crippen molar-refractivity contribution in [1.82, 2.24) is 4.98 Å². The molecular formula is C30H35N. The first-order valence-corrected chi connectivity index (χ1v) is 11.4. The summed E-state index contributed by atoms with van der Waals surface area (Å²) in [7, 11) is 0. The zero-order valence-corrected chi connectivity index (χ0v) is 20.4. The molecule has 4 aromatic rings. The van der Waals surface area contributed by atoms with E-state index in [0.29, 0.717) is 0 Å². The van der Waals surface area contributed by atoms with E-state index in [4.69, 9.17) is 4.98 Å². The average Bonchev–Trinajstić information content (AvgIpc) is 2.64. The van der Waals surface area contributed by atoms with Crippen LogP contribution in [0.15, 0.2) is 54.6 Å². The van der Waals surface area contributed by atoms with Gasteiger partial charge in [-0.3, -0.25) is 0 Å². The van der Waals surface area contributed by atoms with Crippen LogP contribution in [0.2, 0.25) is 0 Å². The molecule has 0 radical (unpaired) electrons. The second-order valence-corrected chi connectivity index (χ2v) is 11.4. The largest absolute Gasteiger partial charge is 0.248 e. The van der Waals surface area contributed by atoms with Gasteiger partial charge in [-0.25, -0.2) is 4.98 Å². The van der Waals surface area contributed by atoms with Crippen molar-refractivity contribution in [3.05, 3.63) is 76.9 Å². The number of aromatic nitrogens is 1. The number of rotatable bonds is 2. The van der Waals surface area contributed by atoms with Crippen molar-refractivity contribution in [2.75, 3.05) is 0 Å². The maximum absolute atomic E-state index is 5.19. The van der Waals surface area contributed by atoms with Gasteiger partial charge in [-0.05, 0) is 88.4 Å². The molecule has 0 fully saturated rings. The molecule has 0 N–H and O–H groups in total. The van der Waals surface area contributed by atoms with E-state index < -0.39 is 0 Å². The Morgan fingerprint density at radius 2 is 1.52 bits per heavy atom. The van der Waals surface area contributed by atoms with Gasteiger partial charge in [-0.15, -0.1) is 0 Å². The summed E-state index contributed by atoms with van der Waals surface area (Å²) in [6.07, 6.45) is 1.03. The highest BCUT2D eigenvalue weighted by Crippen LogP contribution is 2.37. The molecule has 1 aromatic heterocycles. The Kier molecular flexibility index (Phi) is 5.20. The van der Waals surface area contributed by atoms with Crippen LogP contribution in [-0.2, 0) is 11.8 Å². The first-order chi connectivity index (χ1) is 14.4. The van der Waals surface area contributed by atoms with Gasteiger partial charge in [0.2, 0.25) is 0 Å². The van der Waals surface area contributed by atoms with Gasteiger partial charge in [0.1, 0.15) is 0 Å². The lowest BCUT2D eigenvalue weighted by Gasteiger charge is -2.24. The number of fused-ring (bicyclic) bond motifs is 2. The fourth-order valence-corrected chi connectivity index (χ4v) is 4.79. The second-order valence-electron chi connectivity index (χ2n) is 11.4. The van der Waals surface area contributed by atoms with Gasteiger partial charge in [0.15, 0.2) is 0 Å². The van der Waals surface area contributed by atoms with Gasteiger partial charge < -0.3 is 0 Å². The lowest BCUT2D eigenvalue weighted by molar-refractivity contribution is 0.412. The maximum Gasteiger partial charge on any atom is 0.0717 e. The second kappa shape index (κ2) is 7.48. The fraction of sp³-hybridized carbons (Fsp3) is 0.367. The Labute approximate surface area is 187 Å². The van der Waals surface area contributed by atoms with E-state index in [9.17, 15) is 0 Å². The van der Waals surface area contributed by atoms with Crippen LogP contribution in [-0.4, -0.2) is 4.98 Å². The molecule has 0 aliphatic rings. The van der Waals surface area contributed by atoms with Crippen LogP contribution in [0.25, 0.3) is 32.9 Å². The number of hydrogen-bond donors (Lipinski definition) is 0. The minimum Gasteiger partial charge on any atom is -0.248 e. The van der Waals surface area contributed by atoms with Crippen molar-refractivity contribution in [2.45, 2.75) is 67.2 Å². The summed E-state index contributed by atoms with van der Waals surface area (Å²) in [6.45, 7) is 18.2. The maximum atomic E-state index is 5.19. The number of nitrogens with zero attached hydrogens (tertiary/aromatic N) is 1. The summed E-state index contributed by atoms with van der Waals surface area (Å²) in [5.41, 5.74) is 9.03.